The molecule has 1 N–H and O–H groups in total. The van der Waals surface area contributed by atoms with E-state index in [-0.39, 0.29) is 29.9 Å². The van der Waals surface area contributed by atoms with Crippen molar-refractivity contribution in [3.8, 4) is 0 Å². The van der Waals surface area contributed by atoms with Gasteiger partial charge in [-0.3, -0.25) is 4.99 Å². The van der Waals surface area contributed by atoms with Crippen molar-refractivity contribution in [2.75, 3.05) is 37.7 Å². The van der Waals surface area contributed by atoms with Gasteiger partial charge >= 0.3 is 0 Å². The lowest BCUT2D eigenvalue weighted by molar-refractivity contribution is 0.151. The van der Waals surface area contributed by atoms with Crippen LogP contribution in [-0.4, -0.2) is 57.0 Å². The van der Waals surface area contributed by atoms with Gasteiger partial charge in [-0.15, -0.1) is 24.0 Å². The van der Waals surface area contributed by atoms with Gasteiger partial charge < -0.3 is 10.2 Å². The van der Waals surface area contributed by atoms with E-state index in [1.807, 2.05) is 0 Å². The first kappa shape index (κ1) is 18.3. The fraction of sp³-hybridized carbons (Fsp3) is 0.933. The molecule has 3 fully saturated rings. The van der Waals surface area contributed by atoms with Gasteiger partial charge in [0.25, 0.3) is 0 Å². The van der Waals surface area contributed by atoms with Gasteiger partial charge in [0.1, 0.15) is 0 Å². The zero-order valence-corrected chi connectivity index (χ0v) is 16.5. The predicted octanol–water partition coefficient (Wildman–Crippen LogP) is 1.88. The van der Waals surface area contributed by atoms with Crippen LogP contribution in [-0.2, 0) is 9.84 Å². The Balaban J connectivity index is 0.00000176. The summed E-state index contributed by atoms with van der Waals surface area (Å²) in [6, 6.07) is 0. The molecule has 1 aliphatic carbocycles. The second-order valence-electron chi connectivity index (χ2n) is 6.99. The number of halogens is 1. The molecular weight excluding hydrogens is 413 g/mol. The summed E-state index contributed by atoms with van der Waals surface area (Å²) in [5.41, 5.74) is 0.562. The number of likely N-dealkylation sites (tertiary alicyclic amines) is 1. The minimum Gasteiger partial charge on any atom is -0.357 e. The molecule has 1 unspecified atom stereocenters. The quantitative estimate of drug-likeness (QED) is 0.413. The van der Waals surface area contributed by atoms with Crippen LogP contribution < -0.4 is 5.32 Å². The number of sulfone groups is 1. The molecule has 1 spiro atoms. The Bertz CT molecular complexity index is 517. The molecular formula is C15H28IN3O2S. The Kier molecular flexibility index (Phi) is 6.01. The Labute approximate surface area is 151 Å². The second kappa shape index (κ2) is 7.23. The van der Waals surface area contributed by atoms with Gasteiger partial charge in [0.15, 0.2) is 15.8 Å². The lowest BCUT2D eigenvalue weighted by Crippen LogP contribution is -2.42. The molecule has 2 saturated heterocycles. The molecule has 0 bridgehead atoms. The lowest BCUT2D eigenvalue weighted by atomic mass is 9.68. The molecule has 1 saturated carbocycles. The molecule has 3 rings (SSSR count). The van der Waals surface area contributed by atoms with Crippen LogP contribution in [0.15, 0.2) is 4.99 Å². The van der Waals surface area contributed by atoms with Crippen LogP contribution in [0.25, 0.3) is 0 Å². The highest BCUT2D eigenvalue weighted by atomic mass is 127. The molecule has 128 valence electrons. The summed E-state index contributed by atoms with van der Waals surface area (Å²) in [5, 5.41) is 3.38. The predicted molar refractivity (Wildman–Crippen MR) is 101 cm³/mol. The average molecular weight is 441 g/mol. The van der Waals surface area contributed by atoms with Crippen LogP contribution in [0.2, 0.25) is 0 Å². The zero-order valence-electron chi connectivity index (χ0n) is 13.4. The van der Waals surface area contributed by atoms with E-state index in [1.54, 1.807) is 0 Å². The first-order valence-electron chi connectivity index (χ1n) is 8.26. The van der Waals surface area contributed by atoms with E-state index in [4.69, 9.17) is 4.99 Å². The summed E-state index contributed by atoms with van der Waals surface area (Å²) >= 11 is 0. The highest BCUT2D eigenvalue weighted by Gasteiger charge is 2.43. The fourth-order valence-electron chi connectivity index (χ4n) is 3.86. The maximum absolute atomic E-state index is 11.5. The number of rotatable bonds is 3. The monoisotopic (exact) mass is 441 g/mol. The van der Waals surface area contributed by atoms with Gasteiger partial charge in [-0.2, -0.15) is 0 Å². The molecule has 22 heavy (non-hydrogen) atoms. The summed E-state index contributed by atoms with van der Waals surface area (Å²) in [6.07, 6.45) is 6.17. The lowest BCUT2D eigenvalue weighted by Gasteiger charge is -2.38. The summed E-state index contributed by atoms with van der Waals surface area (Å²) in [6.45, 7) is 5.82. The van der Waals surface area contributed by atoms with Crippen LogP contribution in [0.4, 0.5) is 0 Å². The van der Waals surface area contributed by atoms with Crippen molar-refractivity contribution in [1.82, 2.24) is 10.2 Å². The number of aliphatic imine (C=N–C) groups is 1. The molecule has 3 aliphatic rings. The Hall–Kier alpha value is -0.0500. The number of guanidine groups is 1. The number of nitrogens with one attached hydrogen (secondary N) is 1. The van der Waals surface area contributed by atoms with Gasteiger partial charge in [-0.1, -0.05) is 6.42 Å². The van der Waals surface area contributed by atoms with Crippen LogP contribution in [0.1, 0.15) is 39.0 Å². The van der Waals surface area contributed by atoms with Crippen molar-refractivity contribution in [2.45, 2.75) is 39.0 Å². The normalized spacial score (nSPS) is 29.2. The summed E-state index contributed by atoms with van der Waals surface area (Å²) in [5.74, 6) is 1.87. The van der Waals surface area contributed by atoms with Crippen LogP contribution in [0.3, 0.4) is 0 Å². The molecule has 7 heteroatoms. The Morgan fingerprint density at radius 2 is 2.14 bits per heavy atom. The van der Waals surface area contributed by atoms with Gasteiger partial charge in [-0.05, 0) is 43.9 Å². The van der Waals surface area contributed by atoms with Crippen LogP contribution in [0.5, 0.6) is 0 Å². The summed E-state index contributed by atoms with van der Waals surface area (Å²) < 4.78 is 23.0. The molecule has 0 aromatic heterocycles. The number of nitrogens with zero attached hydrogens (tertiary/aromatic N) is 2. The second-order valence-corrected chi connectivity index (χ2v) is 9.22. The smallest absolute Gasteiger partial charge is 0.193 e. The summed E-state index contributed by atoms with van der Waals surface area (Å²) in [7, 11) is -2.79. The zero-order chi connectivity index (χ0) is 14.9. The van der Waals surface area contributed by atoms with Gasteiger partial charge in [0.05, 0.1) is 11.5 Å². The molecule has 2 aliphatic heterocycles. The van der Waals surface area contributed by atoms with Crippen LogP contribution >= 0.6 is 24.0 Å². The largest absolute Gasteiger partial charge is 0.357 e. The molecule has 0 radical (unpaired) electrons. The SMILES string of the molecule is CCNC(=NCC1CCS(=O)(=O)C1)N1CCC2(CCC2)C1.I. The third-order valence-corrected chi connectivity index (χ3v) is 7.15. The molecule has 0 amide bonds. The maximum Gasteiger partial charge on any atom is 0.193 e. The third-order valence-electron chi connectivity index (χ3n) is 5.31. The molecule has 0 aromatic carbocycles. The van der Waals surface area contributed by atoms with Crippen molar-refractivity contribution in [3.05, 3.63) is 0 Å². The summed E-state index contributed by atoms with van der Waals surface area (Å²) in [4.78, 5) is 7.12. The number of hydrogen-bond donors (Lipinski definition) is 1. The minimum absolute atomic E-state index is 0. The maximum atomic E-state index is 11.5. The van der Waals surface area contributed by atoms with Crippen molar-refractivity contribution in [2.24, 2.45) is 16.3 Å². The topological polar surface area (TPSA) is 61.8 Å². The van der Waals surface area contributed by atoms with Crippen molar-refractivity contribution in [1.29, 1.82) is 0 Å². The molecule has 1 atom stereocenters. The van der Waals surface area contributed by atoms with Gasteiger partial charge in [0, 0.05) is 26.2 Å². The van der Waals surface area contributed by atoms with E-state index >= 15 is 0 Å². The molecule has 0 aromatic rings. The van der Waals surface area contributed by atoms with Crippen molar-refractivity contribution < 1.29 is 8.42 Å². The fourth-order valence-corrected chi connectivity index (χ4v) is 5.71. The third kappa shape index (κ3) is 4.07. The van der Waals surface area contributed by atoms with E-state index in [9.17, 15) is 8.42 Å². The molecule has 5 nitrogen and oxygen atoms in total. The average Bonchev–Trinajstić information content (AvgIpc) is 2.98. The minimum atomic E-state index is -2.79. The highest BCUT2D eigenvalue weighted by molar-refractivity contribution is 14.0. The first-order chi connectivity index (χ1) is 10.0. The van der Waals surface area contributed by atoms with E-state index in [0.717, 1.165) is 32.0 Å². The van der Waals surface area contributed by atoms with E-state index in [1.165, 1.54) is 25.7 Å². The van der Waals surface area contributed by atoms with E-state index in [0.29, 0.717) is 23.5 Å². The molecule has 2 heterocycles. The van der Waals surface area contributed by atoms with Crippen LogP contribution in [0, 0.1) is 11.3 Å². The Morgan fingerprint density at radius 1 is 1.36 bits per heavy atom. The van der Waals surface area contributed by atoms with E-state index in [2.05, 4.69) is 17.1 Å². The number of hydrogen-bond acceptors (Lipinski definition) is 3. The van der Waals surface area contributed by atoms with Crippen molar-refractivity contribution >= 4 is 39.8 Å². The Morgan fingerprint density at radius 3 is 2.64 bits per heavy atom. The highest BCUT2D eigenvalue weighted by Crippen LogP contribution is 2.47. The van der Waals surface area contributed by atoms with Gasteiger partial charge in [-0.25, -0.2) is 8.42 Å². The van der Waals surface area contributed by atoms with Gasteiger partial charge in [0.2, 0.25) is 0 Å². The van der Waals surface area contributed by atoms with Crippen molar-refractivity contribution in [3.63, 3.8) is 0 Å². The standard InChI is InChI=1S/C15H27N3O2S.HI/c1-2-16-14(17-10-13-4-9-21(19,20)11-13)18-8-7-15(12-18)5-3-6-15;/h13H,2-12H2,1H3,(H,16,17);1H. The van der Waals surface area contributed by atoms with E-state index < -0.39 is 9.84 Å². The first-order valence-corrected chi connectivity index (χ1v) is 10.1.